The normalized spacial score (nSPS) is 24.6. The molecule has 1 aromatic carbocycles. The summed E-state index contributed by atoms with van der Waals surface area (Å²) in [4.78, 5) is 17.2. The molecule has 2 fully saturated rings. The van der Waals surface area contributed by atoms with E-state index in [-0.39, 0.29) is 11.6 Å². The summed E-state index contributed by atoms with van der Waals surface area (Å²) in [7, 11) is 0. The van der Waals surface area contributed by atoms with Gasteiger partial charge in [-0.2, -0.15) is 0 Å². The van der Waals surface area contributed by atoms with E-state index in [0.717, 1.165) is 32.5 Å². The number of ether oxygens (including phenoxy) is 1. The third-order valence-corrected chi connectivity index (χ3v) is 6.08. The zero-order valence-corrected chi connectivity index (χ0v) is 17.7. The molecular weight excluding hydrogens is 336 g/mol. The lowest BCUT2D eigenvalue weighted by Crippen LogP contribution is -2.58. The topological polar surface area (TPSA) is 32.8 Å². The van der Waals surface area contributed by atoms with Gasteiger partial charge in [0.25, 0.3) is 0 Å². The molecule has 0 N–H and O–H groups in total. The minimum absolute atomic E-state index is 0.165. The quantitative estimate of drug-likeness (QED) is 0.729. The molecule has 1 amide bonds. The van der Waals surface area contributed by atoms with Gasteiger partial charge in [0.1, 0.15) is 5.60 Å². The SMILES string of the molecule is CC(C)(C)OC(=O)N1CCC(N2CCC(c3ccccc3)CC2)CC1(C)C. The number of nitrogens with zero attached hydrogens (tertiary/aromatic N) is 2. The van der Waals surface area contributed by atoms with Gasteiger partial charge >= 0.3 is 6.09 Å². The number of benzene rings is 1. The number of hydrogen-bond donors (Lipinski definition) is 0. The molecule has 150 valence electrons. The summed E-state index contributed by atoms with van der Waals surface area (Å²) < 4.78 is 5.63. The molecular formula is C23H36N2O2. The second-order valence-electron chi connectivity index (χ2n) is 9.81. The van der Waals surface area contributed by atoms with Gasteiger partial charge in [-0.05, 0) is 84.9 Å². The van der Waals surface area contributed by atoms with E-state index in [9.17, 15) is 4.79 Å². The molecule has 1 aromatic rings. The molecule has 2 aliphatic heterocycles. The molecule has 1 unspecified atom stereocenters. The number of piperidine rings is 2. The van der Waals surface area contributed by atoms with Gasteiger partial charge in [-0.15, -0.1) is 0 Å². The first-order valence-electron chi connectivity index (χ1n) is 10.5. The van der Waals surface area contributed by atoms with E-state index in [4.69, 9.17) is 4.74 Å². The van der Waals surface area contributed by atoms with Crippen LogP contribution < -0.4 is 0 Å². The summed E-state index contributed by atoms with van der Waals surface area (Å²) in [6, 6.07) is 11.5. The van der Waals surface area contributed by atoms with Crippen LogP contribution in [0.3, 0.4) is 0 Å². The molecule has 2 saturated heterocycles. The van der Waals surface area contributed by atoms with Crippen molar-refractivity contribution in [2.24, 2.45) is 0 Å². The summed E-state index contributed by atoms with van der Waals surface area (Å²) >= 11 is 0. The Morgan fingerprint density at radius 2 is 1.67 bits per heavy atom. The van der Waals surface area contributed by atoms with E-state index in [1.165, 1.54) is 18.4 Å². The lowest BCUT2D eigenvalue weighted by molar-refractivity contribution is -0.0249. The molecule has 0 saturated carbocycles. The Morgan fingerprint density at radius 1 is 1.04 bits per heavy atom. The number of hydrogen-bond acceptors (Lipinski definition) is 3. The Kier molecular flexibility index (Phi) is 5.85. The van der Waals surface area contributed by atoms with Crippen LogP contribution in [-0.2, 0) is 4.74 Å². The largest absolute Gasteiger partial charge is 0.444 e. The average Bonchev–Trinajstić information content (AvgIpc) is 2.60. The third kappa shape index (κ3) is 5.04. The lowest BCUT2D eigenvalue weighted by atomic mass is 9.84. The van der Waals surface area contributed by atoms with Gasteiger partial charge in [-0.1, -0.05) is 30.3 Å². The van der Waals surface area contributed by atoms with Crippen LogP contribution in [0.1, 0.15) is 71.8 Å². The minimum atomic E-state index is -0.441. The molecule has 4 nitrogen and oxygen atoms in total. The number of rotatable bonds is 2. The summed E-state index contributed by atoms with van der Waals surface area (Å²) in [5.74, 6) is 0.692. The molecule has 4 heteroatoms. The second-order valence-corrected chi connectivity index (χ2v) is 9.81. The van der Waals surface area contributed by atoms with Crippen molar-refractivity contribution in [2.45, 2.75) is 83.4 Å². The smallest absolute Gasteiger partial charge is 0.410 e. The Labute approximate surface area is 164 Å². The van der Waals surface area contributed by atoms with Gasteiger partial charge < -0.3 is 14.5 Å². The highest BCUT2D eigenvalue weighted by molar-refractivity contribution is 5.69. The van der Waals surface area contributed by atoms with Crippen LogP contribution >= 0.6 is 0 Å². The van der Waals surface area contributed by atoms with Crippen LogP contribution in [0.25, 0.3) is 0 Å². The molecule has 0 aromatic heterocycles. The highest BCUT2D eigenvalue weighted by atomic mass is 16.6. The first-order chi connectivity index (χ1) is 12.7. The van der Waals surface area contributed by atoms with Crippen LogP contribution in [0.4, 0.5) is 4.79 Å². The van der Waals surface area contributed by atoms with Gasteiger partial charge in [0, 0.05) is 18.1 Å². The Bertz CT molecular complexity index is 628. The van der Waals surface area contributed by atoms with Crippen molar-refractivity contribution in [2.75, 3.05) is 19.6 Å². The molecule has 0 bridgehead atoms. The number of carbonyl (C=O) groups is 1. The van der Waals surface area contributed by atoms with Crippen LogP contribution in [0.15, 0.2) is 30.3 Å². The highest BCUT2D eigenvalue weighted by Crippen LogP contribution is 2.35. The Hall–Kier alpha value is -1.55. The molecule has 0 aliphatic carbocycles. The van der Waals surface area contributed by atoms with Crippen molar-refractivity contribution in [3.63, 3.8) is 0 Å². The van der Waals surface area contributed by atoms with Crippen molar-refractivity contribution in [3.8, 4) is 0 Å². The van der Waals surface area contributed by atoms with E-state index < -0.39 is 5.60 Å². The maximum atomic E-state index is 12.6. The Morgan fingerprint density at radius 3 is 2.22 bits per heavy atom. The van der Waals surface area contributed by atoms with Crippen molar-refractivity contribution < 1.29 is 9.53 Å². The van der Waals surface area contributed by atoms with Crippen LogP contribution in [0.5, 0.6) is 0 Å². The van der Waals surface area contributed by atoms with E-state index in [1.54, 1.807) is 0 Å². The summed E-state index contributed by atoms with van der Waals surface area (Å²) in [5.41, 5.74) is 0.877. The van der Waals surface area contributed by atoms with Crippen molar-refractivity contribution >= 4 is 6.09 Å². The molecule has 0 spiro atoms. The van der Waals surface area contributed by atoms with Crippen molar-refractivity contribution in [1.82, 2.24) is 9.80 Å². The van der Waals surface area contributed by atoms with E-state index in [1.807, 2.05) is 25.7 Å². The summed E-state index contributed by atoms with van der Waals surface area (Å²) in [5, 5.41) is 0. The van der Waals surface area contributed by atoms with Crippen LogP contribution in [0, 0.1) is 0 Å². The van der Waals surface area contributed by atoms with Gasteiger partial charge in [-0.3, -0.25) is 0 Å². The molecule has 2 heterocycles. The number of carbonyl (C=O) groups excluding carboxylic acids is 1. The van der Waals surface area contributed by atoms with Crippen molar-refractivity contribution in [3.05, 3.63) is 35.9 Å². The standard InChI is InChI=1S/C23H36N2O2/c1-22(2,3)27-21(26)25-16-13-20(17-23(25,4)5)24-14-11-19(12-15-24)18-9-7-6-8-10-18/h6-10,19-20H,11-17H2,1-5H3. The predicted molar refractivity (Wildman–Crippen MR) is 110 cm³/mol. The number of likely N-dealkylation sites (tertiary alicyclic amines) is 2. The van der Waals surface area contributed by atoms with E-state index in [2.05, 4.69) is 49.1 Å². The fraction of sp³-hybridized carbons (Fsp3) is 0.696. The van der Waals surface area contributed by atoms with E-state index >= 15 is 0 Å². The zero-order valence-electron chi connectivity index (χ0n) is 17.7. The molecule has 2 aliphatic rings. The van der Waals surface area contributed by atoms with Gasteiger partial charge in [0.05, 0.1) is 0 Å². The summed E-state index contributed by atoms with van der Waals surface area (Å²) in [6.07, 6.45) is 4.35. The van der Waals surface area contributed by atoms with Crippen molar-refractivity contribution in [1.29, 1.82) is 0 Å². The average molecular weight is 373 g/mol. The highest BCUT2D eigenvalue weighted by Gasteiger charge is 2.41. The molecule has 0 radical (unpaired) electrons. The maximum absolute atomic E-state index is 12.6. The minimum Gasteiger partial charge on any atom is -0.444 e. The summed E-state index contributed by atoms with van der Waals surface area (Å²) in [6.45, 7) is 13.3. The maximum Gasteiger partial charge on any atom is 0.410 e. The lowest BCUT2D eigenvalue weighted by Gasteiger charge is -2.49. The second kappa shape index (κ2) is 7.83. The zero-order chi connectivity index (χ0) is 19.7. The van der Waals surface area contributed by atoms with E-state index in [0.29, 0.717) is 12.0 Å². The van der Waals surface area contributed by atoms with Gasteiger partial charge in [-0.25, -0.2) is 4.79 Å². The molecule has 27 heavy (non-hydrogen) atoms. The third-order valence-electron chi connectivity index (χ3n) is 6.08. The van der Waals surface area contributed by atoms with Gasteiger partial charge in [0.2, 0.25) is 0 Å². The fourth-order valence-corrected chi connectivity index (χ4v) is 4.66. The molecule has 3 rings (SSSR count). The number of amides is 1. The van der Waals surface area contributed by atoms with Crippen LogP contribution in [0.2, 0.25) is 0 Å². The fourth-order valence-electron chi connectivity index (χ4n) is 4.66. The first kappa shape index (κ1) is 20.2. The monoisotopic (exact) mass is 372 g/mol. The Balaban J connectivity index is 1.56. The predicted octanol–water partition coefficient (Wildman–Crippen LogP) is 5.04. The molecule has 1 atom stereocenters. The van der Waals surface area contributed by atoms with Crippen LogP contribution in [-0.4, -0.2) is 52.7 Å². The van der Waals surface area contributed by atoms with Gasteiger partial charge in [0.15, 0.2) is 0 Å². The first-order valence-corrected chi connectivity index (χ1v) is 10.5.